The second kappa shape index (κ2) is 6.34. The molecule has 112 valence electrons. The first-order valence-corrected chi connectivity index (χ1v) is 7.73. The van der Waals surface area contributed by atoms with E-state index >= 15 is 0 Å². The van der Waals surface area contributed by atoms with Crippen molar-refractivity contribution in [2.24, 2.45) is 0 Å². The molecule has 0 radical (unpaired) electrons. The van der Waals surface area contributed by atoms with Crippen LogP contribution < -0.4 is 10.0 Å². The molecule has 20 heavy (non-hydrogen) atoms. The SMILES string of the molecule is CCC(C)(CO)NS(=O)(=O)c1ccc(NC(C)=O)cc1. The molecule has 1 aromatic carbocycles. The zero-order valence-electron chi connectivity index (χ0n) is 11.8. The Morgan fingerprint density at radius 1 is 1.30 bits per heavy atom. The summed E-state index contributed by atoms with van der Waals surface area (Å²) < 4.78 is 26.9. The molecule has 1 amide bonds. The van der Waals surface area contributed by atoms with E-state index in [1.54, 1.807) is 13.8 Å². The minimum Gasteiger partial charge on any atom is -0.394 e. The van der Waals surface area contributed by atoms with Crippen molar-refractivity contribution >= 4 is 21.6 Å². The number of sulfonamides is 1. The van der Waals surface area contributed by atoms with Gasteiger partial charge in [-0.15, -0.1) is 0 Å². The van der Waals surface area contributed by atoms with Gasteiger partial charge in [-0.1, -0.05) is 6.92 Å². The Morgan fingerprint density at radius 3 is 2.25 bits per heavy atom. The zero-order chi connectivity index (χ0) is 15.4. The minimum atomic E-state index is -3.71. The molecule has 0 saturated heterocycles. The summed E-state index contributed by atoms with van der Waals surface area (Å²) in [5, 5.41) is 11.8. The molecule has 0 aliphatic heterocycles. The summed E-state index contributed by atoms with van der Waals surface area (Å²) in [4.78, 5) is 11.0. The fraction of sp³-hybridized carbons (Fsp3) is 0.462. The largest absolute Gasteiger partial charge is 0.394 e. The van der Waals surface area contributed by atoms with E-state index < -0.39 is 15.6 Å². The van der Waals surface area contributed by atoms with Crippen molar-refractivity contribution < 1.29 is 18.3 Å². The summed E-state index contributed by atoms with van der Waals surface area (Å²) in [6, 6.07) is 5.83. The van der Waals surface area contributed by atoms with Crippen LogP contribution in [0.2, 0.25) is 0 Å². The molecular weight excluding hydrogens is 280 g/mol. The van der Waals surface area contributed by atoms with E-state index in [-0.39, 0.29) is 17.4 Å². The second-order valence-corrected chi connectivity index (χ2v) is 6.57. The van der Waals surface area contributed by atoms with Gasteiger partial charge in [-0.2, -0.15) is 0 Å². The van der Waals surface area contributed by atoms with Gasteiger partial charge in [0.15, 0.2) is 0 Å². The van der Waals surface area contributed by atoms with Crippen molar-refractivity contribution in [2.45, 2.75) is 37.6 Å². The second-order valence-electron chi connectivity index (χ2n) is 4.88. The summed E-state index contributed by atoms with van der Waals surface area (Å²) in [5.74, 6) is -0.224. The number of aliphatic hydroxyl groups excluding tert-OH is 1. The normalized spacial score (nSPS) is 14.6. The van der Waals surface area contributed by atoms with Gasteiger partial charge in [-0.05, 0) is 37.6 Å². The lowest BCUT2D eigenvalue weighted by Crippen LogP contribution is -2.48. The summed E-state index contributed by atoms with van der Waals surface area (Å²) in [6.45, 7) is 4.52. The highest BCUT2D eigenvalue weighted by atomic mass is 32.2. The number of hydrogen-bond acceptors (Lipinski definition) is 4. The topological polar surface area (TPSA) is 95.5 Å². The molecule has 1 rings (SSSR count). The van der Waals surface area contributed by atoms with Gasteiger partial charge in [0.2, 0.25) is 15.9 Å². The molecule has 1 aromatic rings. The molecule has 1 atom stereocenters. The average molecular weight is 300 g/mol. The summed E-state index contributed by atoms with van der Waals surface area (Å²) in [5.41, 5.74) is -0.369. The fourth-order valence-electron chi connectivity index (χ4n) is 1.52. The van der Waals surface area contributed by atoms with Gasteiger partial charge in [0.1, 0.15) is 0 Å². The Morgan fingerprint density at radius 2 is 1.85 bits per heavy atom. The van der Waals surface area contributed by atoms with Gasteiger partial charge >= 0.3 is 0 Å². The molecule has 0 heterocycles. The van der Waals surface area contributed by atoms with Crippen LogP contribution >= 0.6 is 0 Å². The van der Waals surface area contributed by atoms with Gasteiger partial charge in [-0.25, -0.2) is 13.1 Å². The predicted octanol–water partition coefficient (Wildman–Crippen LogP) is 1.08. The molecule has 1 unspecified atom stereocenters. The van der Waals surface area contributed by atoms with Crippen LogP contribution in [0, 0.1) is 0 Å². The van der Waals surface area contributed by atoms with E-state index in [9.17, 15) is 18.3 Å². The maximum Gasteiger partial charge on any atom is 0.241 e. The Labute approximate surface area is 119 Å². The number of carbonyl (C=O) groups excluding carboxylic acids is 1. The summed E-state index contributed by atoms with van der Waals surface area (Å²) in [6.07, 6.45) is 0.465. The Kier molecular flexibility index (Phi) is 5.27. The van der Waals surface area contributed by atoms with Crippen LogP contribution in [-0.2, 0) is 14.8 Å². The number of amides is 1. The lowest BCUT2D eigenvalue weighted by atomic mass is 10.0. The van der Waals surface area contributed by atoms with Gasteiger partial charge < -0.3 is 10.4 Å². The lowest BCUT2D eigenvalue weighted by molar-refractivity contribution is -0.114. The van der Waals surface area contributed by atoms with Crippen molar-refractivity contribution in [3.63, 3.8) is 0 Å². The summed E-state index contributed by atoms with van der Waals surface area (Å²) in [7, 11) is -3.71. The standard InChI is InChI=1S/C13H20N2O4S/c1-4-13(3,9-16)15-20(18,19)12-7-5-11(6-8-12)14-10(2)17/h5-8,15-16H,4,9H2,1-3H3,(H,14,17). The van der Waals surface area contributed by atoms with Crippen molar-refractivity contribution in [1.29, 1.82) is 0 Å². The highest BCUT2D eigenvalue weighted by Crippen LogP contribution is 2.17. The number of nitrogens with one attached hydrogen (secondary N) is 2. The number of hydrogen-bond donors (Lipinski definition) is 3. The van der Waals surface area contributed by atoms with Crippen LogP contribution in [-0.4, -0.2) is 31.6 Å². The van der Waals surface area contributed by atoms with Crippen LogP contribution in [0.5, 0.6) is 0 Å². The van der Waals surface area contributed by atoms with E-state index in [0.29, 0.717) is 12.1 Å². The molecule has 0 bridgehead atoms. The number of anilines is 1. The van der Waals surface area contributed by atoms with Crippen molar-refractivity contribution in [3.8, 4) is 0 Å². The molecule has 0 saturated carbocycles. The highest BCUT2D eigenvalue weighted by Gasteiger charge is 2.28. The van der Waals surface area contributed by atoms with Crippen LogP contribution in [0.25, 0.3) is 0 Å². The molecule has 0 aliphatic rings. The number of benzene rings is 1. The van der Waals surface area contributed by atoms with E-state index in [2.05, 4.69) is 10.0 Å². The van der Waals surface area contributed by atoms with Crippen molar-refractivity contribution in [1.82, 2.24) is 4.72 Å². The monoisotopic (exact) mass is 300 g/mol. The highest BCUT2D eigenvalue weighted by molar-refractivity contribution is 7.89. The lowest BCUT2D eigenvalue weighted by Gasteiger charge is -2.26. The number of carbonyl (C=O) groups is 1. The molecule has 3 N–H and O–H groups in total. The Hall–Kier alpha value is -1.44. The smallest absolute Gasteiger partial charge is 0.241 e. The van der Waals surface area contributed by atoms with Crippen LogP contribution in [0.1, 0.15) is 27.2 Å². The van der Waals surface area contributed by atoms with Gasteiger partial charge in [0.25, 0.3) is 0 Å². The molecule has 7 heteroatoms. The van der Waals surface area contributed by atoms with E-state index in [4.69, 9.17) is 0 Å². The molecule has 0 spiro atoms. The predicted molar refractivity (Wildman–Crippen MR) is 76.8 cm³/mol. The molecule has 0 aromatic heterocycles. The first-order valence-electron chi connectivity index (χ1n) is 6.25. The minimum absolute atomic E-state index is 0.0831. The van der Waals surface area contributed by atoms with Gasteiger partial charge in [0, 0.05) is 12.6 Å². The first-order chi connectivity index (χ1) is 9.22. The van der Waals surface area contributed by atoms with Crippen LogP contribution in [0.4, 0.5) is 5.69 Å². The third-order valence-electron chi connectivity index (χ3n) is 3.00. The first kappa shape index (κ1) is 16.6. The fourth-order valence-corrected chi connectivity index (χ4v) is 2.99. The number of aliphatic hydroxyl groups is 1. The molecule has 0 aliphatic carbocycles. The Bertz CT molecular complexity index is 563. The van der Waals surface area contributed by atoms with Crippen molar-refractivity contribution in [2.75, 3.05) is 11.9 Å². The van der Waals surface area contributed by atoms with Gasteiger partial charge in [-0.3, -0.25) is 4.79 Å². The van der Waals surface area contributed by atoms with Crippen LogP contribution in [0.3, 0.4) is 0 Å². The van der Waals surface area contributed by atoms with Gasteiger partial charge in [0.05, 0.1) is 17.0 Å². The van der Waals surface area contributed by atoms with Crippen LogP contribution in [0.15, 0.2) is 29.2 Å². The Balaban J connectivity index is 2.96. The quantitative estimate of drug-likeness (QED) is 0.732. The molecular formula is C13H20N2O4S. The van der Waals surface area contributed by atoms with E-state index in [1.807, 2.05) is 0 Å². The van der Waals surface area contributed by atoms with Crippen molar-refractivity contribution in [3.05, 3.63) is 24.3 Å². The number of rotatable bonds is 6. The molecule has 0 fully saturated rings. The molecule has 6 nitrogen and oxygen atoms in total. The van der Waals surface area contributed by atoms with E-state index in [1.165, 1.54) is 31.2 Å². The summed E-state index contributed by atoms with van der Waals surface area (Å²) >= 11 is 0. The van der Waals surface area contributed by atoms with E-state index in [0.717, 1.165) is 0 Å². The zero-order valence-corrected chi connectivity index (χ0v) is 12.6. The maximum absolute atomic E-state index is 12.2. The maximum atomic E-state index is 12.2. The third kappa shape index (κ3) is 4.29. The average Bonchev–Trinajstić information content (AvgIpc) is 2.38. The third-order valence-corrected chi connectivity index (χ3v) is 4.65.